The minimum absolute atomic E-state index is 0.150. The normalized spacial score (nSPS) is 10.3. The van der Waals surface area contributed by atoms with E-state index in [1.54, 1.807) is 12.1 Å². The number of nitrogens with one attached hydrogen (secondary N) is 1. The van der Waals surface area contributed by atoms with E-state index in [4.69, 9.17) is 4.74 Å². The van der Waals surface area contributed by atoms with E-state index in [1.165, 1.54) is 4.90 Å². The highest BCUT2D eigenvalue weighted by molar-refractivity contribution is 6.03. The molecule has 0 aromatic heterocycles. The van der Waals surface area contributed by atoms with Gasteiger partial charge in [0.1, 0.15) is 12.2 Å². The Hall–Kier alpha value is -2.86. The second-order valence-corrected chi connectivity index (χ2v) is 6.17. The van der Waals surface area contributed by atoms with Crippen LogP contribution in [0.3, 0.4) is 0 Å². The molecule has 0 aliphatic rings. The van der Waals surface area contributed by atoms with E-state index >= 15 is 0 Å². The van der Waals surface area contributed by atoms with Gasteiger partial charge in [0.25, 0.3) is 0 Å². The number of aliphatic hydroxyl groups excluding tert-OH is 1. The van der Waals surface area contributed by atoms with Crippen LogP contribution in [0.15, 0.2) is 48.5 Å². The van der Waals surface area contributed by atoms with Crippen molar-refractivity contribution >= 4 is 17.5 Å². The third kappa shape index (κ3) is 6.42. The third-order valence-electron chi connectivity index (χ3n) is 4.00. The van der Waals surface area contributed by atoms with Gasteiger partial charge in [0.15, 0.2) is 0 Å². The predicted molar refractivity (Wildman–Crippen MR) is 105 cm³/mol. The highest BCUT2D eigenvalue weighted by Gasteiger charge is 2.19. The lowest BCUT2D eigenvalue weighted by molar-refractivity contribution is -0.135. The van der Waals surface area contributed by atoms with E-state index in [-0.39, 0.29) is 37.9 Å². The van der Waals surface area contributed by atoms with E-state index in [2.05, 4.69) is 5.32 Å². The number of carbonyl (C=O) groups is 2. The van der Waals surface area contributed by atoms with Crippen LogP contribution in [0.5, 0.6) is 5.75 Å². The summed E-state index contributed by atoms with van der Waals surface area (Å²) in [4.78, 5) is 26.2. The number of anilines is 1. The zero-order chi connectivity index (χ0) is 19.6. The van der Waals surface area contributed by atoms with Crippen molar-refractivity contribution in [1.82, 2.24) is 4.90 Å². The Bertz CT molecular complexity index is 759. The van der Waals surface area contributed by atoms with Gasteiger partial charge in [0, 0.05) is 24.3 Å². The van der Waals surface area contributed by atoms with Crippen LogP contribution in [0.25, 0.3) is 0 Å². The summed E-state index contributed by atoms with van der Waals surface area (Å²) < 4.78 is 5.59. The molecule has 2 N–H and O–H groups in total. The van der Waals surface area contributed by atoms with Crippen LogP contribution in [0.1, 0.15) is 24.5 Å². The molecule has 27 heavy (non-hydrogen) atoms. The SMILES string of the molecule is CCOc1ccccc1CN(CCO)C(=O)CC(=O)Nc1ccc(C)cc1. The van der Waals surface area contributed by atoms with Gasteiger partial charge in [-0.2, -0.15) is 0 Å². The maximum atomic E-state index is 12.6. The molecule has 0 bridgehead atoms. The van der Waals surface area contributed by atoms with E-state index in [0.29, 0.717) is 18.0 Å². The molecule has 2 amide bonds. The van der Waals surface area contributed by atoms with Gasteiger partial charge in [0.05, 0.1) is 13.2 Å². The third-order valence-corrected chi connectivity index (χ3v) is 4.00. The molecule has 0 radical (unpaired) electrons. The number of para-hydroxylation sites is 1. The smallest absolute Gasteiger partial charge is 0.233 e. The molecule has 0 fully saturated rings. The van der Waals surface area contributed by atoms with Gasteiger partial charge in [-0.3, -0.25) is 9.59 Å². The maximum Gasteiger partial charge on any atom is 0.233 e. The number of amides is 2. The fourth-order valence-electron chi connectivity index (χ4n) is 2.64. The Kier molecular flexibility index (Phi) is 7.82. The summed E-state index contributed by atoms with van der Waals surface area (Å²) in [5.41, 5.74) is 2.57. The zero-order valence-electron chi connectivity index (χ0n) is 15.8. The second kappa shape index (κ2) is 10.3. The monoisotopic (exact) mass is 370 g/mol. The van der Waals surface area contributed by atoms with Crippen LogP contribution in [0.2, 0.25) is 0 Å². The van der Waals surface area contributed by atoms with Crippen molar-refractivity contribution in [1.29, 1.82) is 0 Å². The fourth-order valence-corrected chi connectivity index (χ4v) is 2.64. The number of carbonyl (C=O) groups excluding carboxylic acids is 2. The van der Waals surface area contributed by atoms with Crippen molar-refractivity contribution in [2.24, 2.45) is 0 Å². The number of hydrogen-bond acceptors (Lipinski definition) is 4. The minimum Gasteiger partial charge on any atom is -0.494 e. The maximum absolute atomic E-state index is 12.6. The number of hydrogen-bond donors (Lipinski definition) is 2. The van der Waals surface area contributed by atoms with E-state index in [1.807, 2.05) is 50.2 Å². The highest BCUT2D eigenvalue weighted by Crippen LogP contribution is 2.20. The van der Waals surface area contributed by atoms with Gasteiger partial charge in [-0.1, -0.05) is 35.9 Å². The molecule has 0 saturated carbocycles. The van der Waals surface area contributed by atoms with Crippen LogP contribution in [-0.2, 0) is 16.1 Å². The number of ether oxygens (including phenoxy) is 1. The minimum atomic E-state index is -0.384. The molecule has 6 heteroatoms. The first-order valence-corrected chi connectivity index (χ1v) is 8.99. The first-order chi connectivity index (χ1) is 13.0. The molecule has 2 rings (SSSR count). The summed E-state index contributed by atoms with van der Waals surface area (Å²) in [5, 5.41) is 12.0. The molecule has 0 atom stereocenters. The lowest BCUT2D eigenvalue weighted by atomic mass is 10.1. The average Bonchev–Trinajstić information content (AvgIpc) is 2.65. The van der Waals surface area contributed by atoms with E-state index in [9.17, 15) is 14.7 Å². The quantitative estimate of drug-likeness (QED) is 0.665. The fraction of sp³-hybridized carbons (Fsp3) is 0.333. The first-order valence-electron chi connectivity index (χ1n) is 8.99. The average molecular weight is 370 g/mol. The number of aliphatic hydroxyl groups is 1. The molecule has 0 aliphatic carbocycles. The van der Waals surface area contributed by atoms with Gasteiger partial charge < -0.3 is 20.1 Å². The summed E-state index contributed by atoms with van der Waals surface area (Å²) in [6.07, 6.45) is -0.287. The van der Waals surface area contributed by atoms with Crippen molar-refractivity contribution in [3.63, 3.8) is 0 Å². The topological polar surface area (TPSA) is 78.9 Å². The lowest BCUT2D eigenvalue weighted by Crippen LogP contribution is -2.35. The summed E-state index contributed by atoms with van der Waals surface area (Å²) in [7, 11) is 0. The number of nitrogens with zero attached hydrogens (tertiary/aromatic N) is 1. The predicted octanol–water partition coefficient (Wildman–Crippen LogP) is 2.74. The molecule has 2 aromatic rings. The number of benzene rings is 2. The van der Waals surface area contributed by atoms with Crippen molar-refractivity contribution < 1.29 is 19.4 Å². The molecule has 6 nitrogen and oxygen atoms in total. The Labute approximate surface area is 159 Å². The van der Waals surface area contributed by atoms with Crippen LogP contribution in [-0.4, -0.2) is 41.6 Å². The number of rotatable bonds is 9. The Morgan fingerprint density at radius 2 is 1.81 bits per heavy atom. The van der Waals surface area contributed by atoms with Gasteiger partial charge in [-0.25, -0.2) is 0 Å². The number of aryl methyl sites for hydroxylation is 1. The standard InChI is InChI=1S/C21H26N2O4/c1-3-27-19-7-5-4-6-17(19)15-23(12-13-24)21(26)14-20(25)22-18-10-8-16(2)9-11-18/h4-11,24H,3,12-15H2,1-2H3,(H,22,25). The Balaban J connectivity index is 2.01. The molecule has 0 aliphatic heterocycles. The Morgan fingerprint density at radius 3 is 2.48 bits per heavy atom. The highest BCUT2D eigenvalue weighted by atomic mass is 16.5. The molecule has 0 saturated heterocycles. The molecular weight excluding hydrogens is 344 g/mol. The van der Waals surface area contributed by atoms with E-state index in [0.717, 1.165) is 11.1 Å². The first kappa shape index (κ1) is 20.5. The largest absolute Gasteiger partial charge is 0.494 e. The molecule has 144 valence electrons. The van der Waals surface area contributed by atoms with Gasteiger partial charge in [-0.05, 0) is 32.0 Å². The summed E-state index contributed by atoms with van der Waals surface area (Å²) in [6.45, 7) is 4.61. The Morgan fingerprint density at radius 1 is 1.11 bits per heavy atom. The molecule has 0 heterocycles. The van der Waals surface area contributed by atoms with Crippen molar-refractivity contribution in [2.75, 3.05) is 25.1 Å². The van der Waals surface area contributed by atoms with Crippen molar-refractivity contribution in [3.05, 3.63) is 59.7 Å². The molecule has 0 unspecified atom stereocenters. The van der Waals surface area contributed by atoms with E-state index < -0.39 is 0 Å². The molecule has 0 spiro atoms. The molecular formula is C21H26N2O4. The van der Waals surface area contributed by atoms with Crippen LogP contribution >= 0.6 is 0 Å². The molecule has 2 aromatic carbocycles. The van der Waals surface area contributed by atoms with Gasteiger partial charge in [-0.15, -0.1) is 0 Å². The van der Waals surface area contributed by atoms with Crippen molar-refractivity contribution in [3.8, 4) is 5.75 Å². The second-order valence-electron chi connectivity index (χ2n) is 6.17. The van der Waals surface area contributed by atoms with Crippen molar-refractivity contribution in [2.45, 2.75) is 26.8 Å². The van der Waals surface area contributed by atoms with Gasteiger partial charge >= 0.3 is 0 Å². The summed E-state index contributed by atoms with van der Waals surface area (Å²) >= 11 is 0. The summed E-state index contributed by atoms with van der Waals surface area (Å²) in [5.74, 6) is -0.0373. The summed E-state index contributed by atoms with van der Waals surface area (Å²) in [6, 6.07) is 14.8. The van der Waals surface area contributed by atoms with Crippen LogP contribution in [0, 0.1) is 6.92 Å². The van der Waals surface area contributed by atoms with Gasteiger partial charge in [0.2, 0.25) is 11.8 Å². The lowest BCUT2D eigenvalue weighted by Gasteiger charge is -2.23. The van der Waals surface area contributed by atoms with Crippen LogP contribution in [0.4, 0.5) is 5.69 Å². The zero-order valence-corrected chi connectivity index (χ0v) is 15.8. The van der Waals surface area contributed by atoms with Crippen LogP contribution < -0.4 is 10.1 Å².